The van der Waals surface area contributed by atoms with Crippen LogP contribution in [0.2, 0.25) is 0 Å². The molecule has 2 saturated heterocycles. The summed E-state index contributed by atoms with van der Waals surface area (Å²) < 4.78 is 0. The molecule has 124 valence electrons. The van der Waals surface area contributed by atoms with E-state index in [-0.39, 0.29) is 18.0 Å². The maximum absolute atomic E-state index is 12.6. The van der Waals surface area contributed by atoms with Gasteiger partial charge in [0.15, 0.2) is 0 Å². The van der Waals surface area contributed by atoms with Crippen molar-refractivity contribution in [2.75, 3.05) is 32.7 Å². The van der Waals surface area contributed by atoms with Crippen LogP contribution in [0.3, 0.4) is 0 Å². The molecule has 5 heteroatoms. The van der Waals surface area contributed by atoms with Gasteiger partial charge in [-0.15, -0.1) is 0 Å². The standard InChI is InChI=1S/C18H25N3O2/c1-3-19-11-12-21(18(19)23)16-7-9-20(10-8-16)17(22)15-6-4-5-14(2)13-15/h4-6,13,16H,3,7-12H2,1-2H3. The zero-order valence-corrected chi connectivity index (χ0v) is 14.0. The van der Waals surface area contributed by atoms with E-state index in [0.717, 1.165) is 56.7 Å². The van der Waals surface area contributed by atoms with Gasteiger partial charge in [0.2, 0.25) is 0 Å². The second kappa shape index (κ2) is 6.60. The molecule has 2 heterocycles. The molecule has 23 heavy (non-hydrogen) atoms. The molecule has 0 saturated carbocycles. The summed E-state index contributed by atoms with van der Waals surface area (Å²) in [7, 11) is 0. The fourth-order valence-electron chi connectivity index (χ4n) is 3.57. The summed E-state index contributed by atoms with van der Waals surface area (Å²) in [6, 6.07) is 8.19. The Labute approximate surface area is 137 Å². The minimum absolute atomic E-state index is 0.107. The van der Waals surface area contributed by atoms with Gasteiger partial charge in [-0.25, -0.2) is 4.79 Å². The maximum Gasteiger partial charge on any atom is 0.320 e. The van der Waals surface area contributed by atoms with Gasteiger partial charge in [-0.1, -0.05) is 17.7 Å². The Morgan fingerprint density at radius 3 is 2.52 bits per heavy atom. The Morgan fingerprint density at radius 2 is 1.91 bits per heavy atom. The Bertz CT molecular complexity index is 594. The van der Waals surface area contributed by atoms with Gasteiger partial charge in [-0.3, -0.25) is 4.79 Å². The largest absolute Gasteiger partial charge is 0.338 e. The van der Waals surface area contributed by atoms with Crippen LogP contribution < -0.4 is 0 Å². The van der Waals surface area contributed by atoms with Crippen molar-refractivity contribution in [3.8, 4) is 0 Å². The number of benzene rings is 1. The predicted molar refractivity (Wildman–Crippen MR) is 89.5 cm³/mol. The fraction of sp³-hybridized carbons (Fsp3) is 0.556. The van der Waals surface area contributed by atoms with Crippen LogP contribution in [0.15, 0.2) is 24.3 Å². The number of hydrogen-bond donors (Lipinski definition) is 0. The molecule has 0 spiro atoms. The minimum atomic E-state index is 0.107. The average molecular weight is 315 g/mol. The molecule has 0 aliphatic carbocycles. The molecule has 2 fully saturated rings. The number of aryl methyl sites for hydroxylation is 1. The molecule has 3 amide bonds. The molecular weight excluding hydrogens is 290 g/mol. The van der Waals surface area contributed by atoms with E-state index in [4.69, 9.17) is 0 Å². The lowest BCUT2D eigenvalue weighted by molar-refractivity contribution is 0.0663. The lowest BCUT2D eigenvalue weighted by Gasteiger charge is -2.36. The Kier molecular flexibility index (Phi) is 4.55. The zero-order valence-electron chi connectivity index (χ0n) is 14.0. The SMILES string of the molecule is CCN1CCN(C2CCN(C(=O)c3cccc(C)c3)CC2)C1=O. The predicted octanol–water partition coefficient (Wildman–Crippen LogP) is 2.36. The molecular formula is C18H25N3O2. The third kappa shape index (κ3) is 3.19. The molecule has 1 aromatic carbocycles. The van der Waals surface area contributed by atoms with Crippen LogP contribution in [0.25, 0.3) is 0 Å². The summed E-state index contributed by atoms with van der Waals surface area (Å²) in [6.45, 7) is 7.91. The van der Waals surface area contributed by atoms with E-state index in [1.54, 1.807) is 0 Å². The van der Waals surface area contributed by atoms with Crippen molar-refractivity contribution in [2.24, 2.45) is 0 Å². The highest BCUT2D eigenvalue weighted by Gasteiger charge is 2.35. The van der Waals surface area contributed by atoms with Crippen LogP contribution in [0, 0.1) is 6.92 Å². The highest BCUT2D eigenvalue weighted by Crippen LogP contribution is 2.22. The fourth-order valence-corrected chi connectivity index (χ4v) is 3.57. The number of nitrogens with zero attached hydrogens (tertiary/aromatic N) is 3. The number of carbonyl (C=O) groups is 2. The van der Waals surface area contributed by atoms with Crippen LogP contribution in [0.5, 0.6) is 0 Å². The number of hydrogen-bond acceptors (Lipinski definition) is 2. The molecule has 0 N–H and O–H groups in total. The summed E-state index contributed by atoms with van der Waals surface area (Å²) in [5.74, 6) is 0.107. The van der Waals surface area contributed by atoms with Crippen molar-refractivity contribution in [2.45, 2.75) is 32.7 Å². The summed E-state index contributed by atoms with van der Waals surface area (Å²) >= 11 is 0. The minimum Gasteiger partial charge on any atom is -0.338 e. The Hall–Kier alpha value is -2.04. The zero-order chi connectivity index (χ0) is 16.4. The molecule has 3 rings (SSSR count). The number of piperidine rings is 1. The number of urea groups is 1. The number of carbonyl (C=O) groups excluding carboxylic acids is 2. The molecule has 0 aromatic heterocycles. The van der Waals surface area contributed by atoms with Crippen LogP contribution >= 0.6 is 0 Å². The topological polar surface area (TPSA) is 43.9 Å². The number of likely N-dealkylation sites (N-methyl/N-ethyl adjacent to an activating group) is 1. The first-order chi connectivity index (χ1) is 11.1. The van der Waals surface area contributed by atoms with Gasteiger partial charge in [0.1, 0.15) is 0 Å². The van der Waals surface area contributed by atoms with Gasteiger partial charge >= 0.3 is 6.03 Å². The molecule has 2 aliphatic rings. The number of rotatable bonds is 3. The van der Waals surface area contributed by atoms with Crippen molar-refractivity contribution in [3.63, 3.8) is 0 Å². The van der Waals surface area contributed by atoms with Gasteiger partial charge in [0, 0.05) is 44.3 Å². The van der Waals surface area contributed by atoms with E-state index in [1.165, 1.54) is 0 Å². The van der Waals surface area contributed by atoms with Crippen molar-refractivity contribution in [1.29, 1.82) is 0 Å². The lowest BCUT2D eigenvalue weighted by Crippen LogP contribution is -2.48. The van der Waals surface area contributed by atoms with E-state index >= 15 is 0 Å². The van der Waals surface area contributed by atoms with Gasteiger partial charge in [-0.2, -0.15) is 0 Å². The van der Waals surface area contributed by atoms with Gasteiger partial charge in [-0.05, 0) is 38.8 Å². The molecule has 1 aromatic rings. The monoisotopic (exact) mass is 315 g/mol. The molecule has 0 bridgehead atoms. The van der Waals surface area contributed by atoms with E-state index in [9.17, 15) is 9.59 Å². The Balaban J connectivity index is 1.58. The quantitative estimate of drug-likeness (QED) is 0.859. The summed E-state index contributed by atoms with van der Waals surface area (Å²) in [4.78, 5) is 30.7. The molecule has 2 aliphatic heterocycles. The summed E-state index contributed by atoms with van der Waals surface area (Å²) in [6.07, 6.45) is 1.75. The normalized spacial score (nSPS) is 19.6. The first kappa shape index (κ1) is 15.8. The van der Waals surface area contributed by atoms with Crippen molar-refractivity contribution in [3.05, 3.63) is 35.4 Å². The second-order valence-corrected chi connectivity index (χ2v) is 6.45. The lowest BCUT2D eigenvalue weighted by atomic mass is 10.0. The van der Waals surface area contributed by atoms with Crippen molar-refractivity contribution in [1.82, 2.24) is 14.7 Å². The van der Waals surface area contributed by atoms with Crippen molar-refractivity contribution < 1.29 is 9.59 Å². The first-order valence-corrected chi connectivity index (χ1v) is 8.51. The van der Waals surface area contributed by atoms with Crippen LogP contribution in [0.4, 0.5) is 4.79 Å². The molecule has 0 atom stereocenters. The average Bonchev–Trinajstić information content (AvgIpc) is 2.95. The van der Waals surface area contributed by atoms with E-state index in [2.05, 4.69) is 0 Å². The van der Waals surface area contributed by atoms with Crippen LogP contribution in [0.1, 0.15) is 35.7 Å². The van der Waals surface area contributed by atoms with E-state index < -0.39 is 0 Å². The van der Waals surface area contributed by atoms with Gasteiger partial charge in [0.05, 0.1) is 0 Å². The molecule has 5 nitrogen and oxygen atoms in total. The second-order valence-electron chi connectivity index (χ2n) is 6.45. The third-order valence-electron chi connectivity index (χ3n) is 4.97. The number of likely N-dealkylation sites (tertiary alicyclic amines) is 1. The highest BCUT2D eigenvalue weighted by atomic mass is 16.2. The Morgan fingerprint density at radius 1 is 1.17 bits per heavy atom. The first-order valence-electron chi connectivity index (χ1n) is 8.51. The third-order valence-corrected chi connectivity index (χ3v) is 4.97. The molecule has 0 unspecified atom stereocenters. The van der Waals surface area contributed by atoms with Gasteiger partial charge in [0.25, 0.3) is 5.91 Å². The molecule has 0 radical (unpaired) electrons. The van der Waals surface area contributed by atoms with Crippen LogP contribution in [-0.4, -0.2) is 65.4 Å². The highest BCUT2D eigenvalue weighted by molar-refractivity contribution is 5.94. The van der Waals surface area contributed by atoms with E-state index in [0.29, 0.717) is 0 Å². The van der Waals surface area contributed by atoms with E-state index in [1.807, 2.05) is 52.8 Å². The summed E-state index contributed by atoms with van der Waals surface area (Å²) in [5.41, 5.74) is 1.87. The smallest absolute Gasteiger partial charge is 0.320 e. The van der Waals surface area contributed by atoms with Crippen LogP contribution in [-0.2, 0) is 0 Å². The number of amides is 3. The van der Waals surface area contributed by atoms with Gasteiger partial charge < -0.3 is 14.7 Å². The van der Waals surface area contributed by atoms with Crippen molar-refractivity contribution >= 4 is 11.9 Å². The summed E-state index contributed by atoms with van der Waals surface area (Å²) in [5, 5.41) is 0. The maximum atomic E-state index is 12.6.